The Kier molecular flexibility index (Phi) is 7.82. The van der Waals surface area contributed by atoms with Gasteiger partial charge in [0.1, 0.15) is 30.0 Å². The van der Waals surface area contributed by atoms with Gasteiger partial charge in [-0.2, -0.15) is 13.2 Å². The van der Waals surface area contributed by atoms with Gasteiger partial charge < -0.3 is 24.3 Å². The number of hydrogen-bond donors (Lipinski definition) is 1. The fourth-order valence-corrected chi connectivity index (χ4v) is 3.94. The first-order valence-electron chi connectivity index (χ1n) is 11.4. The third-order valence-electron chi connectivity index (χ3n) is 5.45. The predicted molar refractivity (Wildman–Crippen MR) is 130 cm³/mol. The Labute approximate surface area is 220 Å². The van der Waals surface area contributed by atoms with Crippen molar-refractivity contribution < 1.29 is 41.3 Å². The number of hydrogen-bond acceptors (Lipinski definition) is 6. The average Bonchev–Trinajstić information content (AvgIpc) is 3.18. The summed E-state index contributed by atoms with van der Waals surface area (Å²) in [6.45, 7) is 5.57. The minimum absolute atomic E-state index is 0.0665. The van der Waals surface area contributed by atoms with Crippen molar-refractivity contribution in [1.29, 1.82) is 0 Å². The Bertz CT molecular complexity index is 1350. The molecule has 1 aliphatic rings. The second-order valence-electron chi connectivity index (χ2n) is 8.94. The summed E-state index contributed by atoms with van der Waals surface area (Å²) in [5.41, 5.74) is -0.893. The molecule has 2 heterocycles. The number of carbonyl (C=O) groups is 1. The number of carbonyl (C=O) groups excluding carboxylic acids is 1. The van der Waals surface area contributed by atoms with Crippen molar-refractivity contribution in [3.8, 4) is 17.4 Å². The van der Waals surface area contributed by atoms with Crippen LogP contribution in [0.3, 0.4) is 0 Å². The van der Waals surface area contributed by atoms with Crippen LogP contribution >= 0.6 is 11.6 Å². The number of nitrogens with zero attached hydrogens (tertiary/aromatic N) is 1. The fraction of sp³-hybridized carbons (Fsp3) is 0.308. The molecular formula is C26H23ClF4N2O5. The molecule has 1 fully saturated rings. The first-order valence-corrected chi connectivity index (χ1v) is 11.8. The van der Waals surface area contributed by atoms with E-state index in [1.165, 1.54) is 31.3 Å². The number of aromatic nitrogens is 1. The monoisotopic (exact) mass is 554 g/mol. The minimum atomic E-state index is -4.80. The highest BCUT2D eigenvalue weighted by Crippen LogP contribution is 2.40. The SMILES string of the molecule is Cc1cc(F)ccc1Oc1cc(C(F)(F)F)c(Cl)cc1C(=O)Nc1ccnc(OC[C@@H]2COC(C)(C)O2)c1. The third-order valence-corrected chi connectivity index (χ3v) is 5.77. The zero-order valence-corrected chi connectivity index (χ0v) is 21.2. The summed E-state index contributed by atoms with van der Waals surface area (Å²) in [7, 11) is 0. The number of amides is 1. The van der Waals surface area contributed by atoms with Crippen LogP contribution in [0.4, 0.5) is 23.2 Å². The molecular weight excluding hydrogens is 532 g/mol. The highest BCUT2D eigenvalue weighted by molar-refractivity contribution is 6.32. The molecule has 7 nitrogen and oxygen atoms in total. The molecule has 1 N–H and O–H groups in total. The number of anilines is 1. The maximum absolute atomic E-state index is 13.5. The van der Waals surface area contributed by atoms with Gasteiger partial charge in [-0.15, -0.1) is 0 Å². The van der Waals surface area contributed by atoms with Crippen LogP contribution in [0.15, 0.2) is 48.7 Å². The Balaban J connectivity index is 1.57. The van der Waals surface area contributed by atoms with E-state index < -0.39 is 40.0 Å². The van der Waals surface area contributed by atoms with Crippen molar-refractivity contribution in [2.24, 2.45) is 0 Å². The van der Waals surface area contributed by atoms with E-state index in [9.17, 15) is 22.4 Å². The Morgan fingerprint density at radius 1 is 1.18 bits per heavy atom. The maximum Gasteiger partial charge on any atom is 0.417 e. The van der Waals surface area contributed by atoms with Crippen molar-refractivity contribution >= 4 is 23.2 Å². The van der Waals surface area contributed by atoms with Gasteiger partial charge in [-0.25, -0.2) is 9.37 Å². The molecule has 1 aromatic heterocycles. The van der Waals surface area contributed by atoms with Crippen LogP contribution in [0, 0.1) is 12.7 Å². The zero-order chi connectivity index (χ0) is 27.7. The van der Waals surface area contributed by atoms with E-state index in [-0.39, 0.29) is 35.6 Å². The molecule has 0 saturated carbocycles. The maximum atomic E-state index is 13.5. The van der Waals surface area contributed by atoms with Gasteiger partial charge in [0.25, 0.3) is 5.91 Å². The summed E-state index contributed by atoms with van der Waals surface area (Å²) < 4.78 is 76.5. The van der Waals surface area contributed by atoms with Gasteiger partial charge in [-0.05, 0) is 62.7 Å². The summed E-state index contributed by atoms with van der Waals surface area (Å²) in [6, 6.07) is 7.90. The molecule has 0 bridgehead atoms. The quantitative estimate of drug-likeness (QED) is 0.325. The molecule has 202 valence electrons. The van der Waals surface area contributed by atoms with E-state index in [1.54, 1.807) is 13.8 Å². The number of halogens is 5. The van der Waals surface area contributed by atoms with E-state index in [1.807, 2.05) is 0 Å². The molecule has 2 aromatic carbocycles. The number of alkyl halides is 3. The summed E-state index contributed by atoms with van der Waals surface area (Å²) in [6.07, 6.45) is -3.73. The molecule has 1 amide bonds. The largest absolute Gasteiger partial charge is 0.475 e. The molecule has 38 heavy (non-hydrogen) atoms. The Morgan fingerprint density at radius 2 is 1.95 bits per heavy atom. The first kappa shape index (κ1) is 27.6. The van der Waals surface area contributed by atoms with Crippen LogP contribution in [0.25, 0.3) is 0 Å². The van der Waals surface area contributed by atoms with E-state index in [0.29, 0.717) is 18.2 Å². The van der Waals surface area contributed by atoms with Crippen LogP contribution in [0.5, 0.6) is 17.4 Å². The number of rotatable bonds is 7. The molecule has 4 rings (SSSR count). The van der Waals surface area contributed by atoms with Crippen molar-refractivity contribution in [1.82, 2.24) is 4.98 Å². The van der Waals surface area contributed by atoms with Crippen LogP contribution in [-0.4, -0.2) is 36.0 Å². The van der Waals surface area contributed by atoms with Crippen LogP contribution < -0.4 is 14.8 Å². The number of aryl methyl sites for hydroxylation is 1. The Hall–Kier alpha value is -3.41. The molecule has 1 atom stereocenters. The second kappa shape index (κ2) is 10.8. The highest BCUT2D eigenvalue weighted by Gasteiger charge is 2.35. The summed E-state index contributed by atoms with van der Waals surface area (Å²) in [5.74, 6) is -2.24. The topological polar surface area (TPSA) is 78.9 Å². The van der Waals surface area contributed by atoms with Crippen LogP contribution in [0.1, 0.15) is 35.3 Å². The highest BCUT2D eigenvalue weighted by atomic mass is 35.5. The van der Waals surface area contributed by atoms with Crippen molar-refractivity contribution in [2.75, 3.05) is 18.5 Å². The second-order valence-corrected chi connectivity index (χ2v) is 9.34. The molecule has 0 unspecified atom stereocenters. The molecule has 0 radical (unpaired) electrons. The van der Waals surface area contributed by atoms with Crippen molar-refractivity contribution in [2.45, 2.75) is 38.8 Å². The van der Waals surface area contributed by atoms with Gasteiger partial charge in [0.2, 0.25) is 5.88 Å². The van der Waals surface area contributed by atoms with Gasteiger partial charge in [-0.3, -0.25) is 4.79 Å². The van der Waals surface area contributed by atoms with E-state index >= 15 is 0 Å². The molecule has 0 spiro atoms. The lowest BCUT2D eigenvalue weighted by Gasteiger charge is -2.17. The van der Waals surface area contributed by atoms with Crippen molar-refractivity contribution in [3.05, 3.63) is 76.2 Å². The first-order chi connectivity index (χ1) is 17.8. The number of benzene rings is 2. The lowest BCUT2D eigenvalue weighted by Crippen LogP contribution is -2.25. The smallest absolute Gasteiger partial charge is 0.417 e. The number of nitrogens with one attached hydrogen (secondary N) is 1. The van der Waals surface area contributed by atoms with Crippen LogP contribution in [-0.2, 0) is 15.7 Å². The third kappa shape index (κ3) is 6.72. The van der Waals surface area contributed by atoms with Gasteiger partial charge in [0, 0.05) is 18.0 Å². The molecule has 1 aliphatic heterocycles. The zero-order valence-electron chi connectivity index (χ0n) is 20.5. The Morgan fingerprint density at radius 3 is 2.61 bits per heavy atom. The predicted octanol–water partition coefficient (Wildman–Crippen LogP) is 6.78. The average molecular weight is 555 g/mol. The molecule has 12 heteroatoms. The summed E-state index contributed by atoms with van der Waals surface area (Å²) >= 11 is 5.88. The van der Waals surface area contributed by atoms with E-state index in [4.69, 9.17) is 30.5 Å². The molecule has 0 aliphatic carbocycles. The number of ether oxygens (including phenoxy) is 4. The lowest BCUT2D eigenvalue weighted by molar-refractivity contribution is -0.141. The van der Waals surface area contributed by atoms with E-state index in [0.717, 1.165) is 18.2 Å². The lowest BCUT2D eigenvalue weighted by atomic mass is 10.1. The number of pyridine rings is 1. The van der Waals surface area contributed by atoms with Gasteiger partial charge in [0.15, 0.2) is 5.79 Å². The van der Waals surface area contributed by atoms with E-state index in [2.05, 4.69) is 10.3 Å². The molecule has 3 aromatic rings. The van der Waals surface area contributed by atoms with Gasteiger partial charge in [0.05, 0.1) is 22.8 Å². The standard InChI is InChI=1S/C26H23ClF4N2O5/c1-14-8-15(28)4-5-21(14)37-22-11-19(26(29,30)31)20(27)10-18(22)24(34)33-16-6-7-32-23(9-16)35-12-17-13-36-25(2,3)38-17/h4-11,17H,12-13H2,1-3H3,(H,32,33,34)/t17-/m1/s1. The summed E-state index contributed by atoms with van der Waals surface area (Å²) in [4.78, 5) is 17.2. The summed E-state index contributed by atoms with van der Waals surface area (Å²) in [5, 5.41) is 1.89. The normalized spacial score (nSPS) is 16.8. The van der Waals surface area contributed by atoms with Crippen molar-refractivity contribution in [3.63, 3.8) is 0 Å². The van der Waals surface area contributed by atoms with Crippen LogP contribution in [0.2, 0.25) is 5.02 Å². The van der Waals surface area contributed by atoms with Gasteiger partial charge in [-0.1, -0.05) is 11.6 Å². The van der Waals surface area contributed by atoms with Gasteiger partial charge >= 0.3 is 6.18 Å². The molecule has 1 saturated heterocycles. The fourth-order valence-electron chi connectivity index (χ4n) is 3.67. The minimum Gasteiger partial charge on any atom is -0.475 e.